The number of ether oxygens (including phenoxy) is 1. The molecule has 6 heteroatoms. The first-order valence-corrected chi connectivity index (χ1v) is 11.7. The topological polar surface area (TPSA) is 70.1 Å². The maximum absolute atomic E-state index is 13.3. The zero-order valence-electron chi connectivity index (χ0n) is 21.3. The van der Waals surface area contributed by atoms with Gasteiger partial charge in [0.15, 0.2) is 0 Å². The van der Waals surface area contributed by atoms with Crippen molar-refractivity contribution in [3.8, 4) is 5.75 Å². The smallest absolute Gasteiger partial charge is 0.295 e. The summed E-state index contributed by atoms with van der Waals surface area (Å²) in [5.74, 6) is -0.284. The van der Waals surface area contributed by atoms with Crippen LogP contribution in [0.2, 0.25) is 0 Å². The Hall–Kier alpha value is -3.12. The van der Waals surface area contributed by atoms with Gasteiger partial charge in [0.05, 0.1) is 18.7 Å². The van der Waals surface area contributed by atoms with Crippen molar-refractivity contribution >= 4 is 17.4 Å². The number of hydrogen-bond acceptors (Lipinski definition) is 5. The van der Waals surface area contributed by atoms with Crippen molar-refractivity contribution in [1.29, 1.82) is 0 Å². The number of amides is 1. The molecule has 1 unspecified atom stereocenters. The van der Waals surface area contributed by atoms with E-state index in [1.165, 1.54) is 5.56 Å². The first-order valence-electron chi connectivity index (χ1n) is 11.7. The summed E-state index contributed by atoms with van der Waals surface area (Å²) in [6, 6.07) is 11.0. The van der Waals surface area contributed by atoms with Gasteiger partial charge in [-0.2, -0.15) is 0 Å². The molecular formula is C28H36N2O4. The number of methoxy groups -OCH3 is 1. The van der Waals surface area contributed by atoms with Gasteiger partial charge >= 0.3 is 0 Å². The van der Waals surface area contributed by atoms with E-state index in [1.54, 1.807) is 12.0 Å². The third-order valence-electron chi connectivity index (χ3n) is 6.46. The normalized spacial score (nSPS) is 17.8. The summed E-state index contributed by atoms with van der Waals surface area (Å²) in [5.41, 5.74) is 4.28. The summed E-state index contributed by atoms with van der Waals surface area (Å²) >= 11 is 0. The van der Waals surface area contributed by atoms with Gasteiger partial charge in [-0.1, -0.05) is 38.1 Å². The number of carbonyl (C=O) groups is 2. The molecule has 1 atom stereocenters. The van der Waals surface area contributed by atoms with E-state index in [1.807, 2.05) is 69.2 Å². The standard InChI is InChI=1S/C28H36N2O4/c1-17(2)20-9-11-21(12-10-20)25-24(27(32)28(33)30(25)14-8-13-29(5)6)26(31)22-15-19(4)23(34-7)16-18(22)3/h9-12,15-17,25,31H,8,13-14H2,1-7H3/b26-24+. The van der Waals surface area contributed by atoms with E-state index in [0.717, 1.165) is 29.7 Å². The largest absolute Gasteiger partial charge is 0.507 e. The van der Waals surface area contributed by atoms with E-state index in [2.05, 4.69) is 13.8 Å². The number of likely N-dealkylation sites (tertiary alicyclic amines) is 1. The molecule has 0 spiro atoms. The Morgan fingerprint density at radius 3 is 2.29 bits per heavy atom. The fourth-order valence-corrected chi connectivity index (χ4v) is 4.49. The van der Waals surface area contributed by atoms with Gasteiger partial charge in [0.1, 0.15) is 11.5 Å². The van der Waals surface area contributed by atoms with Crippen molar-refractivity contribution in [2.24, 2.45) is 0 Å². The van der Waals surface area contributed by atoms with Crippen LogP contribution >= 0.6 is 0 Å². The lowest BCUT2D eigenvalue weighted by atomic mass is 9.91. The van der Waals surface area contributed by atoms with Crippen molar-refractivity contribution in [3.05, 3.63) is 69.8 Å². The second-order valence-corrected chi connectivity index (χ2v) is 9.61. The van der Waals surface area contributed by atoms with Crippen LogP contribution in [-0.4, -0.2) is 60.9 Å². The molecule has 0 bridgehead atoms. The highest BCUT2D eigenvalue weighted by atomic mass is 16.5. The van der Waals surface area contributed by atoms with Gasteiger partial charge in [-0.25, -0.2) is 0 Å². The van der Waals surface area contributed by atoms with Crippen LogP contribution in [0.25, 0.3) is 5.76 Å². The maximum Gasteiger partial charge on any atom is 0.295 e. The first kappa shape index (κ1) is 25.5. The van der Waals surface area contributed by atoms with Gasteiger partial charge in [0.25, 0.3) is 11.7 Å². The lowest BCUT2D eigenvalue weighted by Gasteiger charge is -2.26. The fourth-order valence-electron chi connectivity index (χ4n) is 4.49. The zero-order valence-corrected chi connectivity index (χ0v) is 21.3. The van der Waals surface area contributed by atoms with Crippen LogP contribution in [0.15, 0.2) is 42.0 Å². The first-order chi connectivity index (χ1) is 16.1. The molecule has 6 nitrogen and oxygen atoms in total. The minimum absolute atomic E-state index is 0.139. The van der Waals surface area contributed by atoms with Gasteiger partial charge in [0, 0.05) is 12.1 Å². The zero-order chi connectivity index (χ0) is 25.2. The average Bonchev–Trinajstić information content (AvgIpc) is 3.04. The fraction of sp³-hybridized carbons (Fsp3) is 0.429. The summed E-state index contributed by atoms with van der Waals surface area (Å²) in [4.78, 5) is 30.1. The minimum Gasteiger partial charge on any atom is -0.507 e. The molecule has 1 saturated heterocycles. The van der Waals surface area contributed by atoms with Crippen LogP contribution in [0.5, 0.6) is 5.75 Å². The van der Waals surface area contributed by atoms with E-state index in [-0.39, 0.29) is 11.3 Å². The highest BCUT2D eigenvalue weighted by molar-refractivity contribution is 6.46. The number of rotatable bonds is 8. The monoisotopic (exact) mass is 464 g/mol. The Bertz CT molecular complexity index is 1100. The molecule has 1 fully saturated rings. The Morgan fingerprint density at radius 2 is 1.74 bits per heavy atom. The Kier molecular flexibility index (Phi) is 7.82. The molecule has 1 aliphatic rings. The quantitative estimate of drug-likeness (QED) is 0.345. The van der Waals surface area contributed by atoms with Crippen molar-refractivity contribution in [2.45, 2.75) is 46.1 Å². The van der Waals surface area contributed by atoms with E-state index in [4.69, 9.17) is 4.74 Å². The number of ketones is 1. The number of Topliss-reactive ketones (excluding diaryl/α,β-unsaturated/α-hetero) is 1. The Balaban J connectivity index is 2.15. The highest BCUT2D eigenvalue weighted by Gasteiger charge is 2.46. The van der Waals surface area contributed by atoms with Gasteiger partial charge in [-0.3, -0.25) is 9.59 Å². The molecular weight excluding hydrogens is 428 g/mol. The van der Waals surface area contributed by atoms with E-state index in [9.17, 15) is 14.7 Å². The molecule has 1 N–H and O–H groups in total. The average molecular weight is 465 g/mol. The van der Waals surface area contributed by atoms with Crippen LogP contribution in [0.4, 0.5) is 0 Å². The predicted octanol–water partition coefficient (Wildman–Crippen LogP) is 4.81. The summed E-state index contributed by atoms with van der Waals surface area (Å²) in [7, 11) is 5.55. The number of aliphatic hydroxyl groups excluding tert-OH is 1. The van der Waals surface area contributed by atoms with Gasteiger partial charge in [-0.05, 0) is 81.2 Å². The number of hydrogen-bond donors (Lipinski definition) is 1. The second-order valence-electron chi connectivity index (χ2n) is 9.61. The Labute approximate surface area is 202 Å². The summed E-state index contributed by atoms with van der Waals surface area (Å²) in [6.07, 6.45) is 0.724. The molecule has 1 amide bonds. The summed E-state index contributed by atoms with van der Waals surface area (Å²) < 4.78 is 5.39. The lowest BCUT2D eigenvalue weighted by Crippen LogP contribution is -2.32. The van der Waals surface area contributed by atoms with Gasteiger partial charge < -0.3 is 19.6 Å². The molecule has 0 radical (unpaired) electrons. The third kappa shape index (κ3) is 5.02. The number of aliphatic hydroxyl groups is 1. The van der Waals surface area contributed by atoms with Crippen molar-refractivity contribution in [2.75, 3.05) is 34.3 Å². The molecule has 34 heavy (non-hydrogen) atoms. The molecule has 1 heterocycles. The summed E-state index contributed by atoms with van der Waals surface area (Å²) in [6.45, 7) is 9.21. The molecule has 0 saturated carbocycles. The maximum atomic E-state index is 13.3. The molecule has 1 aliphatic heterocycles. The molecule has 0 aliphatic carbocycles. The van der Waals surface area contributed by atoms with Crippen LogP contribution < -0.4 is 4.74 Å². The minimum atomic E-state index is -0.645. The SMILES string of the molecule is COc1cc(C)c(/C(O)=C2\C(=O)C(=O)N(CCCN(C)C)C2c2ccc(C(C)C)cc2)cc1C. The van der Waals surface area contributed by atoms with E-state index >= 15 is 0 Å². The molecule has 3 rings (SSSR count). The number of nitrogens with zero attached hydrogens (tertiary/aromatic N) is 2. The summed E-state index contributed by atoms with van der Waals surface area (Å²) in [5, 5.41) is 11.4. The van der Waals surface area contributed by atoms with Crippen LogP contribution in [-0.2, 0) is 9.59 Å². The number of benzene rings is 2. The van der Waals surface area contributed by atoms with Crippen molar-refractivity contribution < 1.29 is 19.4 Å². The molecule has 0 aromatic heterocycles. The lowest BCUT2D eigenvalue weighted by molar-refractivity contribution is -0.139. The third-order valence-corrected chi connectivity index (χ3v) is 6.46. The van der Waals surface area contributed by atoms with Gasteiger partial charge in [0.2, 0.25) is 0 Å². The number of aryl methyl sites for hydroxylation is 2. The predicted molar refractivity (Wildman–Crippen MR) is 135 cm³/mol. The van der Waals surface area contributed by atoms with E-state index in [0.29, 0.717) is 23.8 Å². The van der Waals surface area contributed by atoms with Gasteiger partial charge in [-0.15, -0.1) is 0 Å². The highest BCUT2D eigenvalue weighted by Crippen LogP contribution is 2.41. The molecule has 2 aromatic rings. The van der Waals surface area contributed by atoms with Crippen molar-refractivity contribution in [1.82, 2.24) is 9.80 Å². The molecule has 182 valence electrons. The molecule has 2 aromatic carbocycles. The van der Waals surface area contributed by atoms with E-state index < -0.39 is 17.7 Å². The van der Waals surface area contributed by atoms with Crippen LogP contribution in [0.1, 0.15) is 60.0 Å². The second kappa shape index (κ2) is 10.4. The van der Waals surface area contributed by atoms with Crippen molar-refractivity contribution in [3.63, 3.8) is 0 Å². The van der Waals surface area contributed by atoms with Crippen LogP contribution in [0.3, 0.4) is 0 Å². The Morgan fingerprint density at radius 1 is 1.09 bits per heavy atom. The van der Waals surface area contributed by atoms with Crippen LogP contribution in [0, 0.1) is 13.8 Å². The number of carbonyl (C=O) groups excluding carboxylic acids is 2.